The van der Waals surface area contributed by atoms with Crippen molar-refractivity contribution in [3.63, 3.8) is 0 Å². The quantitative estimate of drug-likeness (QED) is 0.158. The first-order valence-electron chi connectivity index (χ1n) is 21.6. The van der Waals surface area contributed by atoms with Crippen LogP contribution >= 0.6 is 0 Å². The summed E-state index contributed by atoms with van der Waals surface area (Å²) in [6, 6.07) is 64.4. The van der Waals surface area contributed by atoms with E-state index >= 15 is 0 Å². The topological polar surface area (TPSA) is 3.24 Å². The van der Waals surface area contributed by atoms with Crippen LogP contribution in [-0.4, -0.2) is 5.54 Å². The van der Waals surface area contributed by atoms with E-state index in [1.54, 1.807) is 0 Å². The molecule has 1 heteroatoms. The molecule has 1 fully saturated rings. The molecule has 1 aliphatic carbocycles. The lowest BCUT2D eigenvalue weighted by atomic mass is 9.61. The number of fused-ring (bicyclic) bond motifs is 3. The number of hydrogen-bond donors (Lipinski definition) is 0. The van der Waals surface area contributed by atoms with Gasteiger partial charge in [0.2, 0.25) is 0 Å². The molecule has 59 heavy (non-hydrogen) atoms. The molecule has 0 radical (unpaired) electrons. The molecule has 2 atom stereocenters. The Morgan fingerprint density at radius 1 is 0.441 bits per heavy atom. The number of nitrogens with zero attached hydrogens (tertiary/aromatic N) is 1. The van der Waals surface area contributed by atoms with Crippen molar-refractivity contribution in [2.75, 3.05) is 4.90 Å². The molecule has 1 heterocycles. The summed E-state index contributed by atoms with van der Waals surface area (Å²) in [6.45, 7) is 12.0. The summed E-state index contributed by atoms with van der Waals surface area (Å²) >= 11 is 0. The highest BCUT2D eigenvalue weighted by Crippen LogP contribution is 2.61. The average Bonchev–Trinajstić information content (AvgIpc) is 3.48. The predicted octanol–water partition coefficient (Wildman–Crippen LogP) is 16.3. The Morgan fingerprint density at radius 3 is 1.34 bits per heavy atom. The van der Waals surface area contributed by atoms with Gasteiger partial charge in [0.15, 0.2) is 0 Å². The lowest BCUT2D eigenvalue weighted by Gasteiger charge is -2.50. The zero-order chi connectivity index (χ0) is 40.1. The highest BCUT2D eigenvalue weighted by molar-refractivity contribution is 6.32. The lowest BCUT2D eigenvalue weighted by molar-refractivity contribution is 0.195. The minimum Gasteiger partial charge on any atom is -0.334 e. The normalized spacial score (nSPS) is 19.1. The Balaban J connectivity index is 1.20. The van der Waals surface area contributed by atoms with Gasteiger partial charge in [-0.3, -0.25) is 0 Å². The Morgan fingerprint density at radius 2 is 0.881 bits per heavy atom. The van der Waals surface area contributed by atoms with Gasteiger partial charge >= 0.3 is 0 Å². The molecule has 2 aliphatic rings. The van der Waals surface area contributed by atoms with Crippen LogP contribution in [0.25, 0.3) is 76.8 Å². The molecule has 1 aliphatic heterocycles. The molecule has 0 bridgehead atoms. The van der Waals surface area contributed by atoms with Crippen LogP contribution in [0.3, 0.4) is 0 Å². The number of benzene rings is 9. The van der Waals surface area contributed by atoms with E-state index < -0.39 is 0 Å². The molecule has 288 valence electrons. The first-order chi connectivity index (χ1) is 28.6. The number of anilines is 2. The third kappa shape index (κ3) is 5.37. The van der Waals surface area contributed by atoms with Crippen LogP contribution in [0.1, 0.15) is 71.4 Å². The van der Waals surface area contributed by atoms with Gasteiger partial charge in [0, 0.05) is 16.8 Å². The Labute approximate surface area is 349 Å². The van der Waals surface area contributed by atoms with Crippen molar-refractivity contribution < 1.29 is 0 Å². The van der Waals surface area contributed by atoms with Crippen LogP contribution in [0, 0.1) is 0 Å². The van der Waals surface area contributed by atoms with Gasteiger partial charge in [0.25, 0.3) is 0 Å². The van der Waals surface area contributed by atoms with Crippen molar-refractivity contribution in [1.82, 2.24) is 0 Å². The molecule has 1 saturated carbocycles. The zero-order valence-electron chi connectivity index (χ0n) is 34.9. The van der Waals surface area contributed by atoms with Crippen LogP contribution in [0.2, 0.25) is 0 Å². The van der Waals surface area contributed by atoms with Gasteiger partial charge in [0.05, 0.1) is 5.54 Å². The van der Waals surface area contributed by atoms with Gasteiger partial charge in [-0.15, -0.1) is 0 Å². The van der Waals surface area contributed by atoms with Crippen LogP contribution < -0.4 is 4.90 Å². The summed E-state index contributed by atoms with van der Waals surface area (Å²) in [5.41, 5.74) is 15.8. The van der Waals surface area contributed by atoms with E-state index in [1.807, 2.05) is 0 Å². The molecule has 9 aromatic rings. The van der Waals surface area contributed by atoms with Gasteiger partial charge in [-0.05, 0) is 150 Å². The molecule has 2 unspecified atom stereocenters. The molecular weight excluding hydrogens is 711 g/mol. The van der Waals surface area contributed by atoms with Crippen molar-refractivity contribution in [2.45, 2.75) is 76.7 Å². The Hall–Kier alpha value is -6.18. The maximum Gasteiger partial charge on any atom is 0.0517 e. The van der Waals surface area contributed by atoms with Crippen molar-refractivity contribution in [1.29, 1.82) is 0 Å². The molecular formula is C58H51N. The van der Waals surface area contributed by atoms with E-state index in [0.29, 0.717) is 0 Å². The predicted molar refractivity (Wildman–Crippen MR) is 253 cm³/mol. The molecule has 0 aromatic heterocycles. The van der Waals surface area contributed by atoms with Crippen LogP contribution in [0.5, 0.6) is 0 Å². The SMILES string of the molecule is CC(C)(C)c1ccc(N2c3ccc(-c4cc(-c5ccccc5)c5ccc6c(-c7ccccc7)cc(-c7ccccc7)c7ccc4c5c67)cc3C3(C)CCCCC23C)cc1. The second-order valence-corrected chi connectivity index (χ2v) is 18.8. The van der Waals surface area contributed by atoms with Crippen molar-refractivity contribution in [3.8, 4) is 44.5 Å². The van der Waals surface area contributed by atoms with E-state index in [4.69, 9.17) is 0 Å². The summed E-state index contributed by atoms with van der Waals surface area (Å²) < 4.78 is 0. The summed E-state index contributed by atoms with van der Waals surface area (Å²) in [4.78, 5) is 2.72. The van der Waals surface area contributed by atoms with Gasteiger partial charge in [0.1, 0.15) is 0 Å². The molecule has 0 saturated heterocycles. The fraction of sp³-hybridized carbons (Fsp3) is 0.207. The molecule has 9 aromatic carbocycles. The van der Waals surface area contributed by atoms with Crippen LogP contribution in [-0.2, 0) is 10.8 Å². The van der Waals surface area contributed by atoms with Gasteiger partial charge in [-0.2, -0.15) is 0 Å². The van der Waals surface area contributed by atoms with E-state index in [9.17, 15) is 0 Å². The first kappa shape index (κ1) is 35.9. The van der Waals surface area contributed by atoms with Crippen molar-refractivity contribution >= 4 is 43.7 Å². The largest absolute Gasteiger partial charge is 0.334 e. The fourth-order valence-electron chi connectivity index (χ4n) is 11.2. The number of hydrogen-bond acceptors (Lipinski definition) is 1. The van der Waals surface area contributed by atoms with Gasteiger partial charge in [-0.25, -0.2) is 0 Å². The van der Waals surface area contributed by atoms with Gasteiger partial charge < -0.3 is 4.90 Å². The lowest BCUT2D eigenvalue weighted by Crippen LogP contribution is -2.54. The highest BCUT2D eigenvalue weighted by Gasteiger charge is 2.57. The average molecular weight is 762 g/mol. The van der Waals surface area contributed by atoms with Crippen molar-refractivity contribution in [3.05, 3.63) is 181 Å². The standard InChI is InChI=1S/C58H51N/c1-56(2,3)42-24-26-43(27-25-42)59-53-32-23-41(35-52(53)57(4)33-15-16-34-58(57,59)5)51-37-50(40-21-13-8-14-22-40)46-29-28-44-48(38-17-9-6-10-18-38)36-49(39-19-11-7-12-20-39)45-30-31-47(51)55(46)54(44)45/h6-14,17-32,35-37H,15-16,33-34H2,1-5H3. The molecule has 11 rings (SSSR count). The minimum absolute atomic E-state index is 0.0144. The van der Waals surface area contributed by atoms with E-state index in [-0.39, 0.29) is 16.4 Å². The maximum atomic E-state index is 2.72. The third-order valence-corrected chi connectivity index (χ3v) is 14.6. The second kappa shape index (κ2) is 13.2. The summed E-state index contributed by atoms with van der Waals surface area (Å²) in [5, 5.41) is 7.90. The molecule has 0 amide bonds. The summed E-state index contributed by atoms with van der Waals surface area (Å²) in [5.74, 6) is 0. The fourth-order valence-corrected chi connectivity index (χ4v) is 11.2. The monoisotopic (exact) mass is 761 g/mol. The Kier molecular flexibility index (Phi) is 8.02. The smallest absolute Gasteiger partial charge is 0.0517 e. The molecule has 0 N–H and O–H groups in total. The first-order valence-corrected chi connectivity index (χ1v) is 21.6. The van der Waals surface area contributed by atoms with Crippen LogP contribution in [0.4, 0.5) is 11.4 Å². The number of rotatable bonds is 5. The summed E-state index contributed by atoms with van der Waals surface area (Å²) in [7, 11) is 0. The molecule has 1 nitrogen and oxygen atoms in total. The Bertz CT molecular complexity index is 2970. The third-order valence-electron chi connectivity index (χ3n) is 14.6. The highest BCUT2D eigenvalue weighted by atomic mass is 15.3. The maximum absolute atomic E-state index is 2.72. The van der Waals surface area contributed by atoms with Gasteiger partial charge in [-0.1, -0.05) is 174 Å². The van der Waals surface area contributed by atoms with Crippen molar-refractivity contribution in [2.24, 2.45) is 0 Å². The van der Waals surface area contributed by atoms with E-state index in [1.165, 1.54) is 125 Å². The van der Waals surface area contributed by atoms with E-state index in [0.717, 1.165) is 0 Å². The van der Waals surface area contributed by atoms with Crippen LogP contribution in [0.15, 0.2) is 170 Å². The van der Waals surface area contributed by atoms with E-state index in [2.05, 4.69) is 209 Å². The second-order valence-electron chi connectivity index (χ2n) is 18.8. The molecule has 0 spiro atoms. The summed E-state index contributed by atoms with van der Waals surface area (Å²) in [6.07, 6.45) is 4.89. The zero-order valence-corrected chi connectivity index (χ0v) is 34.9. The minimum atomic E-state index is -0.0189.